The van der Waals surface area contributed by atoms with Crippen LogP contribution in [0, 0.1) is 6.92 Å². The number of nitrogens with one attached hydrogen (secondary N) is 1. The van der Waals surface area contributed by atoms with E-state index >= 15 is 0 Å². The molecule has 1 saturated heterocycles. The molecular formula is C29H28N4O3S. The topological polar surface area (TPSA) is 76.5 Å². The molecule has 0 aliphatic carbocycles. The van der Waals surface area contributed by atoms with Gasteiger partial charge in [0, 0.05) is 28.1 Å². The van der Waals surface area contributed by atoms with E-state index in [1.807, 2.05) is 78.4 Å². The van der Waals surface area contributed by atoms with E-state index in [0.717, 1.165) is 33.3 Å². The van der Waals surface area contributed by atoms with E-state index in [2.05, 4.69) is 10.3 Å². The molecule has 1 fully saturated rings. The number of likely N-dealkylation sites (tertiary alicyclic amines) is 1. The van der Waals surface area contributed by atoms with Crippen molar-refractivity contribution in [3.8, 4) is 11.4 Å². The minimum atomic E-state index is -0.538. The number of nitrogens with zero attached hydrogens (tertiary/aromatic N) is 3. The first-order valence-corrected chi connectivity index (χ1v) is 13.0. The summed E-state index contributed by atoms with van der Waals surface area (Å²) in [6.45, 7) is 2.44. The monoisotopic (exact) mass is 512 g/mol. The quantitative estimate of drug-likeness (QED) is 0.350. The molecule has 0 unspecified atom stereocenters. The second kappa shape index (κ2) is 10.9. The van der Waals surface area contributed by atoms with Crippen LogP contribution in [0.3, 0.4) is 0 Å². The van der Waals surface area contributed by atoms with Gasteiger partial charge in [0.1, 0.15) is 11.8 Å². The van der Waals surface area contributed by atoms with Crippen molar-refractivity contribution in [1.29, 1.82) is 0 Å². The van der Waals surface area contributed by atoms with Crippen LogP contribution in [-0.2, 0) is 4.79 Å². The molecule has 8 heteroatoms. The maximum Gasteiger partial charge on any atom is 0.254 e. The number of ether oxygens (including phenoxy) is 1. The van der Waals surface area contributed by atoms with Crippen molar-refractivity contribution in [2.24, 2.45) is 0 Å². The predicted molar refractivity (Wildman–Crippen MR) is 145 cm³/mol. The van der Waals surface area contributed by atoms with Gasteiger partial charge in [0.2, 0.25) is 5.91 Å². The standard InChI is InChI=1S/C29H28N4O3S/c1-20-18-32(19-30-20)24-15-14-21(17-26(24)36-2)29(35)33-16-8-12-25(33)28(34)31-23-11-6-7-13-27(23)37-22-9-4-3-5-10-22/h3-7,9-11,13-15,17-19,25H,8,12,16H2,1-2H3,(H,31,34)/t25-/m0/s1. The molecule has 0 spiro atoms. The van der Waals surface area contributed by atoms with Gasteiger partial charge < -0.3 is 19.5 Å². The highest BCUT2D eigenvalue weighted by Gasteiger charge is 2.35. The lowest BCUT2D eigenvalue weighted by Gasteiger charge is -2.25. The molecule has 1 aliphatic heterocycles. The summed E-state index contributed by atoms with van der Waals surface area (Å²) < 4.78 is 7.44. The van der Waals surface area contributed by atoms with Gasteiger partial charge >= 0.3 is 0 Å². The molecular weight excluding hydrogens is 484 g/mol. The number of aromatic nitrogens is 2. The zero-order chi connectivity index (χ0) is 25.8. The number of amides is 2. The second-order valence-corrected chi connectivity index (χ2v) is 9.98. The largest absolute Gasteiger partial charge is 0.495 e. The lowest BCUT2D eigenvalue weighted by atomic mass is 10.1. The van der Waals surface area contributed by atoms with Crippen LogP contribution in [0.1, 0.15) is 28.9 Å². The maximum atomic E-state index is 13.5. The van der Waals surface area contributed by atoms with Crippen molar-refractivity contribution in [3.63, 3.8) is 0 Å². The Labute approximate surface area is 220 Å². The van der Waals surface area contributed by atoms with E-state index < -0.39 is 6.04 Å². The lowest BCUT2D eigenvalue weighted by molar-refractivity contribution is -0.119. The van der Waals surface area contributed by atoms with Gasteiger partial charge in [-0.15, -0.1) is 0 Å². The van der Waals surface area contributed by atoms with Crippen LogP contribution >= 0.6 is 11.8 Å². The first-order chi connectivity index (χ1) is 18.0. The fraction of sp³-hybridized carbons (Fsp3) is 0.207. The zero-order valence-corrected chi connectivity index (χ0v) is 21.6. The molecule has 4 aromatic rings. The van der Waals surface area contributed by atoms with Crippen molar-refractivity contribution in [2.45, 2.75) is 35.6 Å². The second-order valence-electron chi connectivity index (χ2n) is 8.87. The van der Waals surface area contributed by atoms with Gasteiger partial charge in [0.25, 0.3) is 5.91 Å². The van der Waals surface area contributed by atoms with Crippen LogP contribution in [0.15, 0.2) is 95.1 Å². The van der Waals surface area contributed by atoms with E-state index in [9.17, 15) is 9.59 Å². The number of aryl methyl sites for hydroxylation is 1. The van der Waals surface area contributed by atoms with Gasteiger partial charge in [-0.1, -0.05) is 42.1 Å². The van der Waals surface area contributed by atoms with Gasteiger partial charge in [0.15, 0.2) is 0 Å². The Hall–Kier alpha value is -4.04. The molecule has 2 heterocycles. The average molecular weight is 513 g/mol. The SMILES string of the molecule is COc1cc(C(=O)N2CCC[C@H]2C(=O)Nc2ccccc2Sc2ccccc2)ccc1-n1cnc(C)c1. The third-order valence-electron chi connectivity index (χ3n) is 6.35. The Balaban J connectivity index is 1.33. The molecule has 188 valence electrons. The predicted octanol–water partition coefficient (Wildman–Crippen LogP) is 5.58. The number of hydrogen-bond acceptors (Lipinski definition) is 5. The third kappa shape index (κ3) is 5.39. The highest BCUT2D eigenvalue weighted by atomic mass is 32.2. The summed E-state index contributed by atoms with van der Waals surface area (Å²) >= 11 is 1.59. The van der Waals surface area contributed by atoms with Crippen molar-refractivity contribution in [1.82, 2.24) is 14.5 Å². The number of methoxy groups -OCH3 is 1. The fourth-order valence-corrected chi connectivity index (χ4v) is 5.44. The van der Waals surface area contributed by atoms with Crippen molar-refractivity contribution >= 4 is 29.3 Å². The Morgan fingerprint density at radius 2 is 1.84 bits per heavy atom. The van der Waals surface area contributed by atoms with Crippen LogP contribution in [-0.4, -0.2) is 46.0 Å². The van der Waals surface area contributed by atoms with Gasteiger partial charge in [-0.2, -0.15) is 0 Å². The van der Waals surface area contributed by atoms with Crippen LogP contribution in [0.25, 0.3) is 5.69 Å². The molecule has 1 N–H and O–H groups in total. The van der Waals surface area contributed by atoms with E-state index in [0.29, 0.717) is 24.3 Å². The summed E-state index contributed by atoms with van der Waals surface area (Å²) in [7, 11) is 1.58. The Bertz CT molecular complexity index is 1420. The first-order valence-electron chi connectivity index (χ1n) is 12.2. The minimum absolute atomic E-state index is 0.176. The number of hydrogen-bond donors (Lipinski definition) is 1. The van der Waals surface area contributed by atoms with Crippen molar-refractivity contribution in [3.05, 3.63) is 96.6 Å². The zero-order valence-electron chi connectivity index (χ0n) is 20.8. The summed E-state index contributed by atoms with van der Waals surface area (Å²) in [6, 6.07) is 22.6. The summed E-state index contributed by atoms with van der Waals surface area (Å²) in [6.07, 6.45) is 5.00. The Morgan fingerprint density at radius 1 is 1.05 bits per heavy atom. The van der Waals surface area contributed by atoms with E-state index in [1.54, 1.807) is 42.2 Å². The summed E-state index contributed by atoms with van der Waals surface area (Å²) in [4.78, 5) is 34.9. The number of anilines is 1. The van der Waals surface area contributed by atoms with Crippen molar-refractivity contribution in [2.75, 3.05) is 19.0 Å². The van der Waals surface area contributed by atoms with Crippen molar-refractivity contribution < 1.29 is 14.3 Å². The maximum absolute atomic E-state index is 13.5. The number of carbonyl (C=O) groups is 2. The van der Waals surface area contributed by atoms with E-state index in [1.165, 1.54) is 0 Å². The number of carbonyl (C=O) groups excluding carboxylic acids is 2. The van der Waals surface area contributed by atoms with Crippen LogP contribution in [0.2, 0.25) is 0 Å². The Kier molecular flexibility index (Phi) is 7.28. The molecule has 1 aromatic heterocycles. The molecule has 1 aliphatic rings. The first kappa shape index (κ1) is 24.6. The molecule has 0 radical (unpaired) electrons. The van der Waals surface area contributed by atoms with Gasteiger partial charge in [-0.25, -0.2) is 4.98 Å². The molecule has 37 heavy (non-hydrogen) atoms. The molecule has 1 atom stereocenters. The number of para-hydroxylation sites is 1. The van der Waals surface area contributed by atoms with Gasteiger partial charge in [-0.05, 0) is 62.2 Å². The third-order valence-corrected chi connectivity index (χ3v) is 7.43. The van der Waals surface area contributed by atoms with E-state index in [4.69, 9.17) is 4.74 Å². The Morgan fingerprint density at radius 3 is 2.59 bits per heavy atom. The molecule has 7 nitrogen and oxygen atoms in total. The molecule has 5 rings (SSSR count). The van der Waals surface area contributed by atoms with Crippen LogP contribution in [0.5, 0.6) is 5.75 Å². The minimum Gasteiger partial charge on any atom is -0.495 e. The molecule has 3 aromatic carbocycles. The average Bonchev–Trinajstić information content (AvgIpc) is 3.59. The van der Waals surface area contributed by atoms with Gasteiger partial charge in [-0.3, -0.25) is 9.59 Å². The molecule has 0 bridgehead atoms. The van der Waals surface area contributed by atoms with E-state index in [-0.39, 0.29) is 11.8 Å². The number of rotatable bonds is 7. The summed E-state index contributed by atoms with van der Waals surface area (Å²) in [5.41, 5.74) is 2.90. The fourth-order valence-electron chi connectivity index (χ4n) is 4.52. The number of imidazole rings is 1. The highest BCUT2D eigenvalue weighted by Crippen LogP contribution is 2.34. The summed E-state index contributed by atoms with van der Waals surface area (Å²) in [5.74, 6) is 0.205. The number of benzene rings is 3. The lowest BCUT2D eigenvalue weighted by Crippen LogP contribution is -2.43. The van der Waals surface area contributed by atoms with Crippen LogP contribution in [0.4, 0.5) is 5.69 Å². The highest BCUT2D eigenvalue weighted by molar-refractivity contribution is 7.99. The smallest absolute Gasteiger partial charge is 0.254 e. The van der Waals surface area contributed by atoms with Gasteiger partial charge in [0.05, 0.1) is 30.5 Å². The summed E-state index contributed by atoms with van der Waals surface area (Å²) in [5, 5.41) is 3.08. The molecule has 2 amide bonds. The molecule has 0 saturated carbocycles. The normalized spacial score (nSPS) is 15.0. The van der Waals surface area contributed by atoms with Crippen LogP contribution < -0.4 is 10.1 Å².